The Morgan fingerprint density at radius 2 is 1.20 bits per heavy atom. The molecular weight excluding hydrogens is 911 g/mol. The van der Waals surface area contributed by atoms with Crippen LogP contribution in [0.3, 0.4) is 0 Å². The first-order valence-corrected chi connectivity index (χ1v) is 17.7. The van der Waals surface area contributed by atoms with Crippen LogP contribution in [0, 0.1) is 36.2 Å². The van der Waals surface area contributed by atoms with Crippen LogP contribution in [0.2, 0.25) is 10.0 Å². The fraction of sp³-hybridized carbons (Fsp3) is 0.0526. The predicted molar refractivity (Wildman–Crippen MR) is 217 cm³/mol. The zero-order valence-corrected chi connectivity index (χ0v) is 33.3. The molecule has 0 aliphatic heterocycles. The minimum atomic E-state index is -4.77. The van der Waals surface area contributed by atoms with Crippen molar-refractivity contribution < 1.29 is 70.6 Å². The lowest BCUT2D eigenvalue weighted by Gasteiger charge is -2.12. The van der Waals surface area contributed by atoms with Gasteiger partial charge in [0.15, 0.2) is 5.76 Å². The van der Waals surface area contributed by atoms with Gasteiger partial charge in [-0.2, -0.15) is 13.2 Å². The number of amides is 3. The van der Waals surface area contributed by atoms with Crippen LogP contribution >= 0.6 is 23.2 Å². The summed E-state index contributed by atoms with van der Waals surface area (Å²) in [6.45, 7) is 1.04. The van der Waals surface area contributed by atoms with Crippen LogP contribution in [0.25, 0.3) is 0 Å². The largest absolute Gasteiger partial charge is 0.506 e. The number of nitro benzene ring substituents is 3. The Labute approximate surface area is 364 Å². The molecule has 4 aromatic carbocycles. The molecule has 0 saturated heterocycles. The third-order valence-corrected chi connectivity index (χ3v) is 7.96. The summed E-state index contributed by atoms with van der Waals surface area (Å²) in [6.07, 6.45) is -2.08. The molecule has 0 aliphatic rings. The molecule has 6 aromatic rings. The first-order chi connectivity index (χ1) is 30.0. The van der Waals surface area contributed by atoms with E-state index in [1.54, 1.807) is 6.07 Å². The van der Waals surface area contributed by atoms with E-state index >= 15 is 0 Å². The number of nitrogens with one attached hydrogen (secondary N) is 3. The molecule has 0 fully saturated rings. The van der Waals surface area contributed by atoms with Gasteiger partial charge in [0.05, 0.1) is 66.6 Å². The fourth-order valence-corrected chi connectivity index (χ4v) is 4.97. The molecule has 3 amide bonds. The SMILES string of the molecule is CC(=O)Nc1ccc([N+](=O)[O-])cc1C(F)(F)F.O=C(Nc1cc(Cl)c([N+](=O)[O-])cc1O)c1ccccc1F.O=C(Nc1ccc([N+](=O)[O-])cc1Cl)c1ccco1.O=C(O)c1ccco1. The number of benzene rings is 4. The summed E-state index contributed by atoms with van der Waals surface area (Å²) in [6, 6.07) is 19.0. The van der Waals surface area contributed by atoms with Gasteiger partial charge in [-0.15, -0.1) is 0 Å². The third kappa shape index (κ3) is 14.7. The van der Waals surface area contributed by atoms with Crippen LogP contribution in [0.5, 0.6) is 5.75 Å². The van der Waals surface area contributed by atoms with Gasteiger partial charge in [0.25, 0.3) is 28.9 Å². The van der Waals surface area contributed by atoms with Gasteiger partial charge in [0, 0.05) is 31.2 Å². The van der Waals surface area contributed by atoms with Gasteiger partial charge in [0.1, 0.15) is 16.6 Å². The van der Waals surface area contributed by atoms with Crippen molar-refractivity contribution in [2.75, 3.05) is 16.0 Å². The maximum Gasteiger partial charge on any atom is 0.418 e. The number of carboxylic acids is 1. The zero-order chi connectivity index (χ0) is 47.9. The van der Waals surface area contributed by atoms with Crippen LogP contribution in [-0.4, -0.2) is 48.7 Å². The Balaban J connectivity index is 0.000000236. The number of carbonyl (C=O) groups is 4. The molecule has 334 valence electrons. The van der Waals surface area contributed by atoms with Crippen molar-refractivity contribution in [3.05, 3.63) is 178 Å². The number of nitro groups is 3. The molecule has 2 heterocycles. The number of carbonyl (C=O) groups excluding carboxylic acids is 3. The van der Waals surface area contributed by atoms with E-state index in [0.29, 0.717) is 6.07 Å². The molecule has 0 radical (unpaired) electrons. The number of carboxylic acid groups (broad SMARTS) is 1. The van der Waals surface area contributed by atoms with E-state index in [2.05, 4.69) is 15.1 Å². The molecule has 0 spiro atoms. The van der Waals surface area contributed by atoms with Gasteiger partial charge >= 0.3 is 12.1 Å². The van der Waals surface area contributed by atoms with Gasteiger partial charge in [-0.25, -0.2) is 9.18 Å². The summed E-state index contributed by atoms with van der Waals surface area (Å²) in [5.74, 6) is -4.18. The molecule has 5 N–H and O–H groups in total. The molecule has 0 unspecified atom stereocenters. The van der Waals surface area contributed by atoms with Crippen LogP contribution in [-0.2, 0) is 11.0 Å². The number of aromatic hydroxyl groups is 1. The number of hydrogen-bond acceptors (Lipinski definition) is 13. The van der Waals surface area contributed by atoms with Crippen molar-refractivity contribution in [2.45, 2.75) is 13.1 Å². The van der Waals surface area contributed by atoms with Crippen molar-refractivity contribution in [3.8, 4) is 5.75 Å². The normalized spacial score (nSPS) is 10.2. The maximum atomic E-state index is 13.5. The second kappa shape index (κ2) is 22.5. The standard InChI is InChI=1S/C13H8ClFN2O4.C11H7ClN2O4.C9H7F3N2O3.C5H4O3/c14-8-5-10(12(18)6-11(8)17(20)21)16-13(19)7-3-1-2-4-9(7)15;12-8-6-7(14(16)17)3-4-9(8)13-11(15)10-2-1-5-18-10;1-5(15)13-8-3-2-6(14(16)17)4-7(8)9(10,11)12;6-5(7)4-2-1-3-8-4/h1-6,18H,(H,16,19);1-6H,(H,13,15);2-4H,1H3,(H,13,15);1-3H,(H,6,7). The van der Waals surface area contributed by atoms with Crippen LogP contribution in [0.1, 0.15) is 44.0 Å². The smallest absolute Gasteiger partial charge is 0.418 e. The maximum absolute atomic E-state index is 13.5. The number of halogens is 6. The summed E-state index contributed by atoms with van der Waals surface area (Å²) >= 11 is 11.5. The van der Waals surface area contributed by atoms with Gasteiger partial charge in [0.2, 0.25) is 11.7 Å². The van der Waals surface area contributed by atoms with Crippen molar-refractivity contribution in [3.63, 3.8) is 0 Å². The monoisotopic (exact) mass is 936 g/mol. The molecule has 0 atom stereocenters. The minimum absolute atomic E-state index is 0.0231. The first kappa shape index (κ1) is 50.0. The molecule has 20 nitrogen and oxygen atoms in total. The summed E-state index contributed by atoms with van der Waals surface area (Å²) in [7, 11) is 0. The van der Waals surface area contributed by atoms with Gasteiger partial charge in [-0.05, 0) is 54.6 Å². The summed E-state index contributed by atoms with van der Waals surface area (Å²) in [5, 5.41) is 55.9. The zero-order valence-electron chi connectivity index (χ0n) is 31.8. The van der Waals surface area contributed by atoms with E-state index in [1.165, 1.54) is 67.1 Å². The molecular formula is C38H26Cl2F4N6O14. The molecule has 0 bridgehead atoms. The number of anilines is 3. The van der Waals surface area contributed by atoms with Crippen molar-refractivity contribution in [1.82, 2.24) is 0 Å². The van der Waals surface area contributed by atoms with Crippen molar-refractivity contribution in [2.24, 2.45) is 0 Å². The Morgan fingerprint density at radius 3 is 1.67 bits per heavy atom. The molecule has 6 rings (SSSR count). The predicted octanol–water partition coefficient (Wildman–Crippen LogP) is 9.99. The number of hydrogen-bond donors (Lipinski definition) is 5. The third-order valence-electron chi connectivity index (χ3n) is 7.35. The Morgan fingerprint density at radius 1 is 0.656 bits per heavy atom. The Bertz CT molecular complexity index is 2680. The number of furan rings is 2. The van der Waals surface area contributed by atoms with Gasteiger partial charge in [-0.3, -0.25) is 44.7 Å². The van der Waals surface area contributed by atoms with Crippen molar-refractivity contribution >= 4 is 81.0 Å². The van der Waals surface area contributed by atoms with Crippen molar-refractivity contribution in [1.29, 1.82) is 0 Å². The second-order valence-electron chi connectivity index (χ2n) is 11.8. The van der Waals surface area contributed by atoms with Crippen LogP contribution in [0.4, 0.5) is 51.7 Å². The van der Waals surface area contributed by atoms with E-state index < -0.39 is 78.8 Å². The molecule has 64 heavy (non-hydrogen) atoms. The highest BCUT2D eigenvalue weighted by molar-refractivity contribution is 6.34. The van der Waals surface area contributed by atoms with Crippen LogP contribution < -0.4 is 16.0 Å². The van der Waals surface area contributed by atoms with E-state index in [4.69, 9.17) is 32.7 Å². The Kier molecular flexibility index (Phi) is 17.5. The highest BCUT2D eigenvalue weighted by atomic mass is 35.5. The number of nitrogens with zero attached hydrogens (tertiary/aromatic N) is 3. The van der Waals surface area contributed by atoms with E-state index in [1.807, 2.05) is 5.32 Å². The number of phenols is 1. The average Bonchev–Trinajstić information content (AvgIpc) is 3.97. The quantitative estimate of drug-likeness (QED) is 0.0390. The van der Waals surface area contributed by atoms with E-state index in [-0.39, 0.29) is 44.2 Å². The molecule has 2 aromatic heterocycles. The average molecular weight is 938 g/mol. The minimum Gasteiger partial charge on any atom is -0.506 e. The highest BCUT2D eigenvalue weighted by Crippen LogP contribution is 2.37. The summed E-state index contributed by atoms with van der Waals surface area (Å²) < 4.78 is 60.6. The van der Waals surface area contributed by atoms with E-state index in [0.717, 1.165) is 37.3 Å². The number of rotatable bonds is 9. The summed E-state index contributed by atoms with van der Waals surface area (Å²) in [4.78, 5) is 73.4. The number of phenolic OH excluding ortho intramolecular Hbond substituents is 1. The molecule has 0 saturated carbocycles. The second-order valence-corrected chi connectivity index (χ2v) is 12.6. The fourth-order valence-electron chi connectivity index (χ4n) is 4.52. The summed E-state index contributed by atoms with van der Waals surface area (Å²) in [5.41, 5.74) is -3.19. The molecule has 26 heteroatoms. The first-order valence-electron chi connectivity index (χ1n) is 16.9. The van der Waals surface area contributed by atoms with Gasteiger partial charge < -0.3 is 35.0 Å². The lowest BCUT2D eigenvalue weighted by atomic mass is 10.1. The lowest BCUT2D eigenvalue weighted by molar-refractivity contribution is -0.385. The van der Waals surface area contributed by atoms with Crippen LogP contribution in [0.15, 0.2) is 118 Å². The molecule has 0 aliphatic carbocycles. The lowest BCUT2D eigenvalue weighted by Crippen LogP contribution is -2.14. The van der Waals surface area contributed by atoms with Gasteiger partial charge in [-0.1, -0.05) is 35.3 Å². The van der Waals surface area contributed by atoms with E-state index in [9.17, 15) is 72.2 Å². The Hall–Kier alpha value is -8.38. The topological polar surface area (TPSA) is 301 Å². The number of non-ortho nitro benzene ring substituents is 2. The number of alkyl halides is 3. The number of aromatic carboxylic acids is 1. The highest BCUT2D eigenvalue weighted by Gasteiger charge is 2.35.